The fourth-order valence-corrected chi connectivity index (χ4v) is 5.85. The number of hydrogen-bond acceptors (Lipinski definition) is 2. The van der Waals surface area contributed by atoms with Gasteiger partial charge in [-0.25, -0.2) is 0 Å². The Balaban J connectivity index is 2.29. The van der Waals surface area contributed by atoms with Crippen molar-refractivity contribution in [1.82, 2.24) is 0 Å². The molecule has 0 bridgehead atoms. The minimum Gasteiger partial charge on any atom is -0.394 e. The van der Waals surface area contributed by atoms with Crippen LogP contribution in [0.2, 0.25) is 5.54 Å². The first kappa shape index (κ1) is 10.9. The van der Waals surface area contributed by atoms with E-state index >= 15 is 0 Å². The van der Waals surface area contributed by atoms with Gasteiger partial charge in [0.25, 0.3) is 0 Å². The Hall–Kier alpha value is -0.643. The smallest absolute Gasteiger partial charge is 0.378 e. The SMILES string of the molecule is CO[Si](OC)(C1=CCCC1)C1C=CC=C1. The first-order chi connectivity index (χ1) is 7.33. The molecule has 0 amide bonds. The van der Waals surface area contributed by atoms with Crippen molar-refractivity contribution in [1.29, 1.82) is 0 Å². The first-order valence-corrected chi connectivity index (χ1v) is 7.37. The summed E-state index contributed by atoms with van der Waals surface area (Å²) in [4.78, 5) is 0. The van der Waals surface area contributed by atoms with Gasteiger partial charge in [0.05, 0.1) is 0 Å². The van der Waals surface area contributed by atoms with E-state index in [4.69, 9.17) is 8.85 Å². The molecule has 0 saturated heterocycles. The van der Waals surface area contributed by atoms with Crippen LogP contribution in [0.15, 0.2) is 35.6 Å². The Bertz CT molecular complexity index is 302. The van der Waals surface area contributed by atoms with Gasteiger partial charge in [0.1, 0.15) is 0 Å². The fourth-order valence-electron chi connectivity index (χ4n) is 2.50. The van der Waals surface area contributed by atoms with E-state index in [-0.39, 0.29) is 0 Å². The van der Waals surface area contributed by atoms with Crippen molar-refractivity contribution < 1.29 is 8.85 Å². The van der Waals surface area contributed by atoms with Crippen molar-refractivity contribution in [2.45, 2.75) is 24.8 Å². The van der Waals surface area contributed by atoms with Gasteiger partial charge < -0.3 is 8.85 Å². The van der Waals surface area contributed by atoms with Crippen molar-refractivity contribution in [2.24, 2.45) is 0 Å². The molecule has 0 aromatic rings. The minimum absolute atomic E-state index is 0.344. The third-order valence-corrected chi connectivity index (χ3v) is 7.11. The molecule has 0 unspecified atom stereocenters. The van der Waals surface area contributed by atoms with Gasteiger partial charge in [-0.05, 0) is 24.5 Å². The van der Waals surface area contributed by atoms with Gasteiger partial charge in [0, 0.05) is 19.8 Å². The van der Waals surface area contributed by atoms with E-state index in [1.807, 2.05) is 0 Å². The summed E-state index contributed by atoms with van der Waals surface area (Å²) in [6.45, 7) is 0. The van der Waals surface area contributed by atoms with E-state index in [0.29, 0.717) is 5.54 Å². The molecule has 2 aliphatic carbocycles. The van der Waals surface area contributed by atoms with Gasteiger partial charge in [-0.2, -0.15) is 0 Å². The highest BCUT2D eigenvalue weighted by atomic mass is 28.4. The summed E-state index contributed by atoms with van der Waals surface area (Å²) in [5, 5.41) is 1.42. The second kappa shape index (κ2) is 4.47. The lowest BCUT2D eigenvalue weighted by Crippen LogP contribution is -2.45. The van der Waals surface area contributed by atoms with Crippen LogP contribution in [0.4, 0.5) is 0 Å². The zero-order chi connectivity index (χ0) is 10.7. The lowest BCUT2D eigenvalue weighted by atomic mass is 10.4. The Morgan fingerprint density at radius 2 is 1.87 bits per heavy atom. The molecule has 82 valence electrons. The van der Waals surface area contributed by atoms with Crippen LogP contribution in [-0.2, 0) is 8.85 Å². The van der Waals surface area contributed by atoms with Crippen molar-refractivity contribution in [3.8, 4) is 0 Å². The fraction of sp³-hybridized carbons (Fsp3) is 0.500. The molecule has 15 heavy (non-hydrogen) atoms. The Morgan fingerprint density at radius 3 is 2.33 bits per heavy atom. The molecular weight excluding hydrogens is 204 g/mol. The van der Waals surface area contributed by atoms with Crippen LogP contribution in [0.25, 0.3) is 0 Å². The number of hydrogen-bond donors (Lipinski definition) is 0. The van der Waals surface area contributed by atoms with E-state index in [9.17, 15) is 0 Å². The summed E-state index contributed by atoms with van der Waals surface area (Å²) in [5.74, 6) is 0. The molecule has 0 fully saturated rings. The highest BCUT2D eigenvalue weighted by Gasteiger charge is 2.46. The quantitative estimate of drug-likeness (QED) is 0.681. The summed E-state index contributed by atoms with van der Waals surface area (Å²) >= 11 is 0. The van der Waals surface area contributed by atoms with E-state index < -0.39 is 8.56 Å². The summed E-state index contributed by atoms with van der Waals surface area (Å²) < 4.78 is 11.6. The summed E-state index contributed by atoms with van der Waals surface area (Å²) in [6.07, 6.45) is 14.4. The van der Waals surface area contributed by atoms with E-state index in [2.05, 4.69) is 30.4 Å². The molecule has 0 heterocycles. The molecule has 0 aromatic carbocycles. The van der Waals surface area contributed by atoms with Gasteiger partial charge in [0.2, 0.25) is 0 Å². The van der Waals surface area contributed by atoms with Gasteiger partial charge in [-0.15, -0.1) is 0 Å². The lowest BCUT2D eigenvalue weighted by molar-refractivity contribution is 0.248. The standard InChI is InChI=1S/C12H18O2Si/c1-13-15(14-2,11-7-3-4-8-11)12-9-5-6-10-12/h3-4,7-9,11H,5-6,10H2,1-2H3. The maximum absolute atomic E-state index is 5.80. The average molecular weight is 222 g/mol. The third kappa shape index (κ3) is 1.75. The largest absolute Gasteiger partial charge is 0.394 e. The summed E-state index contributed by atoms with van der Waals surface area (Å²) in [7, 11) is 1.38. The van der Waals surface area contributed by atoms with Crippen molar-refractivity contribution in [3.63, 3.8) is 0 Å². The summed E-state index contributed by atoms with van der Waals surface area (Å²) in [5.41, 5.74) is 0.344. The third-order valence-electron chi connectivity index (χ3n) is 3.28. The average Bonchev–Trinajstić information content (AvgIpc) is 2.92. The van der Waals surface area contributed by atoms with Gasteiger partial charge in [-0.1, -0.05) is 30.4 Å². The van der Waals surface area contributed by atoms with Gasteiger partial charge >= 0.3 is 8.56 Å². The molecule has 2 nitrogen and oxygen atoms in total. The highest BCUT2D eigenvalue weighted by Crippen LogP contribution is 2.39. The lowest BCUT2D eigenvalue weighted by Gasteiger charge is -2.32. The molecule has 0 radical (unpaired) electrons. The Kier molecular flexibility index (Phi) is 3.24. The molecule has 0 atom stereocenters. The second-order valence-corrected chi connectivity index (χ2v) is 7.45. The molecule has 3 heteroatoms. The molecule has 2 aliphatic rings. The van der Waals surface area contributed by atoms with Crippen LogP contribution < -0.4 is 0 Å². The normalized spacial score (nSPS) is 21.3. The molecule has 2 rings (SSSR count). The highest BCUT2D eigenvalue weighted by molar-refractivity contribution is 6.77. The molecule has 0 N–H and O–H groups in total. The molecule has 0 aliphatic heterocycles. The molecule has 0 saturated carbocycles. The first-order valence-electron chi connectivity index (χ1n) is 5.48. The topological polar surface area (TPSA) is 18.5 Å². The van der Waals surface area contributed by atoms with Gasteiger partial charge in [-0.3, -0.25) is 0 Å². The molecular formula is C12H18O2Si. The van der Waals surface area contributed by atoms with Crippen LogP contribution in [0.1, 0.15) is 19.3 Å². The van der Waals surface area contributed by atoms with Crippen molar-refractivity contribution in [2.75, 3.05) is 14.2 Å². The Morgan fingerprint density at radius 1 is 1.20 bits per heavy atom. The predicted molar refractivity (Wildman–Crippen MR) is 63.7 cm³/mol. The zero-order valence-electron chi connectivity index (χ0n) is 9.40. The second-order valence-electron chi connectivity index (χ2n) is 3.99. The van der Waals surface area contributed by atoms with Crippen molar-refractivity contribution in [3.05, 3.63) is 35.6 Å². The minimum atomic E-state index is -2.19. The predicted octanol–water partition coefficient (Wildman–Crippen LogP) is 2.87. The van der Waals surface area contributed by atoms with Crippen LogP contribution >= 0.6 is 0 Å². The maximum Gasteiger partial charge on any atom is 0.378 e. The van der Waals surface area contributed by atoms with E-state index in [1.54, 1.807) is 14.2 Å². The van der Waals surface area contributed by atoms with Crippen LogP contribution in [0.3, 0.4) is 0 Å². The van der Waals surface area contributed by atoms with Crippen LogP contribution in [-0.4, -0.2) is 22.8 Å². The monoisotopic (exact) mass is 222 g/mol. The maximum atomic E-state index is 5.80. The number of rotatable bonds is 4. The zero-order valence-corrected chi connectivity index (χ0v) is 10.4. The van der Waals surface area contributed by atoms with Crippen LogP contribution in [0.5, 0.6) is 0 Å². The van der Waals surface area contributed by atoms with E-state index in [0.717, 1.165) is 6.42 Å². The molecule has 0 spiro atoms. The Labute approximate surface area is 92.5 Å². The van der Waals surface area contributed by atoms with Gasteiger partial charge in [0.15, 0.2) is 0 Å². The summed E-state index contributed by atoms with van der Waals surface area (Å²) in [6, 6.07) is 0. The number of allylic oxidation sites excluding steroid dienone is 6. The van der Waals surface area contributed by atoms with Crippen LogP contribution in [0, 0.1) is 0 Å². The van der Waals surface area contributed by atoms with E-state index in [1.165, 1.54) is 18.0 Å². The molecule has 0 aromatic heterocycles. The van der Waals surface area contributed by atoms with Crippen molar-refractivity contribution >= 4 is 8.56 Å².